The molecule has 1 aliphatic heterocycles. The van der Waals surface area contributed by atoms with E-state index in [1.165, 1.54) is 4.90 Å². The summed E-state index contributed by atoms with van der Waals surface area (Å²) in [5.41, 5.74) is 3.98. The Kier molecular flexibility index (Phi) is 9.26. The predicted octanol–water partition coefficient (Wildman–Crippen LogP) is 2.65. The van der Waals surface area contributed by atoms with E-state index < -0.39 is 47.3 Å². The first-order valence-corrected chi connectivity index (χ1v) is 13.5. The van der Waals surface area contributed by atoms with Crippen molar-refractivity contribution in [2.75, 3.05) is 6.54 Å². The van der Waals surface area contributed by atoms with Crippen LogP contribution in [-0.4, -0.2) is 68.5 Å². The topological polar surface area (TPSA) is 149 Å². The zero-order valence-electron chi connectivity index (χ0n) is 22.4. The Morgan fingerprint density at radius 1 is 1.13 bits per heavy atom. The number of carboxylic acid groups (broad SMARTS) is 1. The fourth-order valence-corrected chi connectivity index (χ4v) is 5.28. The van der Waals surface area contributed by atoms with Crippen molar-refractivity contribution in [2.45, 2.75) is 78.1 Å². The van der Waals surface area contributed by atoms with E-state index in [1.807, 2.05) is 38.1 Å². The number of carboxylic acids is 1. The first-order chi connectivity index (χ1) is 17.8. The molecule has 4 atom stereocenters. The number of carbonyl (C=O) groups is 4. The van der Waals surface area contributed by atoms with Crippen LogP contribution in [0.3, 0.4) is 0 Å². The highest BCUT2D eigenvalue weighted by Gasteiger charge is 2.44. The zero-order valence-corrected chi connectivity index (χ0v) is 23.2. The molecule has 0 spiro atoms. The first kappa shape index (κ1) is 29.2. The van der Waals surface area contributed by atoms with Crippen molar-refractivity contribution in [3.8, 4) is 10.4 Å². The molecule has 38 heavy (non-hydrogen) atoms. The van der Waals surface area contributed by atoms with E-state index in [4.69, 9.17) is 5.11 Å². The highest BCUT2D eigenvalue weighted by molar-refractivity contribution is 7.13. The van der Waals surface area contributed by atoms with Gasteiger partial charge in [-0.2, -0.15) is 0 Å². The van der Waals surface area contributed by atoms with Crippen LogP contribution in [0.1, 0.15) is 64.3 Å². The van der Waals surface area contributed by atoms with Gasteiger partial charge >= 0.3 is 5.97 Å². The van der Waals surface area contributed by atoms with Gasteiger partial charge in [0.15, 0.2) is 0 Å². The number of carbonyl (C=O) groups excluding carboxylic acids is 3. The van der Waals surface area contributed by atoms with Gasteiger partial charge in [-0.25, -0.2) is 4.98 Å². The standard InChI is InChI=1S/C27H36N4O6S/c1-15(17-6-8-18(9-7-17)23-16(2)28-14-38-23)29-25(36)20-12-19(32)13-31(20)26(37)24(27(3,4)5)30-21(33)10-11-22(34)35/h6-9,14-15,19-20,24,32H,10-13H2,1-5H3,(H,29,36)(H,30,33)(H,34,35)/t15-,19+,20?,24+/m0/s1. The lowest BCUT2D eigenvalue weighted by molar-refractivity contribution is -0.144. The van der Waals surface area contributed by atoms with E-state index >= 15 is 0 Å². The van der Waals surface area contributed by atoms with E-state index in [0.717, 1.165) is 21.7 Å². The lowest BCUT2D eigenvalue weighted by atomic mass is 9.85. The lowest BCUT2D eigenvalue weighted by Crippen LogP contribution is -2.57. The number of aliphatic hydroxyl groups excluding tert-OH is 1. The molecule has 0 saturated carbocycles. The number of amides is 3. The summed E-state index contributed by atoms with van der Waals surface area (Å²) in [6.07, 6.45) is -1.42. The van der Waals surface area contributed by atoms with Crippen molar-refractivity contribution < 1.29 is 29.4 Å². The highest BCUT2D eigenvalue weighted by atomic mass is 32.1. The molecule has 1 saturated heterocycles. The molecule has 0 bridgehead atoms. The molecule has 1 fully saturated rings. The zero-order chi connectivity index (χ0) is 28.2. The van der Waals surface area contributed by atoms with Crippen LogP contribution in [0.4, 0.5) is 0 Å². The van der Waals surface area contributed by atoms with Gasteiger partial charge in [0, 0.05) is 19.4 Å². The Labute approximate surface area is 226 Å². The summed E-state index contributed by atoms with van der Waals surface area (Å²) in [4.78, 5) is 56.7. The molecular weight excluding hydrogens is 508 g/mol. The monoisotopic (exact) mass is 544 g/mol. The largest absolute Gasteiger partial charge is 0.481 e. The number of nitrogens with zero attached hydrogens (tertiary/aromatic N) is 2. The minimum atomic E-state index is -1.11. The van der Waals surface area contributed by atoms with Gasteiger partial charge in [-0.3, -0.25) is 19.2 Å². The van der Waals surface area contributed by atoms with Crippen molar-refractivity contribution in [1.82, 2.24) is 20.5 Å². The van der Waals surface area contributed by atoms with E-state index in [0.29, 0.717) is 0 Å². The summed E-state index contributed by atoms with van der Waals surface area (Å²) in [5, 5.41) is 24.8. The molecule has 0 radical (unpaired) electrons. The molecule has 10 nitrogen and oxygen atoms in total. The molecular formula is C27H36N4O6S. The van der Waals surface area contributed by atoms with E-state index in [1.54, 1.807) is 37.6 Å². The Morgan fingerprint density at radius 2 is 1.79 bits per heavy atom. The molecule has 206 valence electrons. The quantitative estimate of drug-likeness (QED) is 0.379. The molecule has 2 aromatic rings. The van der Waals surface area contributed by atoms with Crippen LogP contribution in [0, 0.1) is 12.3 Å². The molecule has 3 rings (SSSR count). The van der Waals surface area contributed by atoms with Crippen molar-refractivity contribution in [1.29, 1.82) is 0 Å². The Balaban J connectivity index is 1.71. The number of nitrogens with one attached hydrogen (secondary N) is 2. The normalized spacial score (nSPS) is 19.1. The second-order valence-corrected chi connectivity index (χ2v) is 11.6. The average molecular weight is 545 g/mol. The lowest BCUT2D eigenvalue weighted by Gasteiger charge is -2.35. The number of aryl methyl sites for hydroxylation is 1. The van der Waals surface area contributed by atoms with Crippen molar-refractivity contribution in [2.24, 2.45) is 5.41 Å². The Hall–Kier alpha value is -3.31. The molecule has 3 amide bonds. The number of hydrogen-bond donors (Lipinski definition) is 4. The third kappa shape index (κ3) is 7.16. The molecule has 2 heterocycles. The summed E-state index contributed by atoms with van der Waals surface area (Å²) in [7, 11) is 0. The van der Waals surface area contributed by atoms with E-state index in [2.05, 4.69) is 15.6 Å². The number of rotatable bonds is 9. The number of β-amino-alcohol motifs (C(OH)–C–C–N with tert-alkyl or cyclic N) is 1. The van der Waals surface area contributed by atoms with Crippen molar-refractivity contribution in [3.05, 3.63) is 41.0 Å². The van der Waals surface area contributed by atoms with Crippen molar-refractivity contribution in [3.63, 3.8) is 0 Å². The van der Waals surface area contributed by atoms with Gasteiger partial charge in [0.1, 0.15) is 12.1 Å². The number of likely N-dealkylation sites (tertiary alicyclic amines) is 1. The number of benzene rings is 1. The number of thiazole rings is 1. The van der Waals surface area contributed by atoms with Crippen LogP contribution in [-0.2, 0) is 19.2 Å². The molecule has 1 aromatic carbocycles. The summed E-state index contributed by atoms with van der Waals surface area (Å²) < 4.78 is 0. The van der Waals surface area contributed by atoms with Gasteiger partial charge in [0.05, 0.1) is 34.6 Å². The predicted molar refractivity (Wildman–Crippen MR) is 143 cm³/mol. The maximum atomic E-state index is 13.6. The van der Waals surface area contributed by atoms with Crippen LogP contribution in [0.5, 0.6) is 0 Å². The second kappa shape index (κ2) is 12.0. The Bertz CT molecular complexity index is 1170. The number of aromatic nitrogens is 1. The van der Waals surface area contributed by atoms with Crippen LogP contribution < -0.4 is 10.6 Å². The third-order valence-electron chi connectivity index (χ3n) is 6.63. The molecule has 1 aromatic heterocycles. The van der Waals surface area contributed by atoms with Gasteiger partial charge in [-0.1, -0.05) is 45.0 Å². The summed E-state index contributed by atoms with van der Waals surface area (Å²) in [5.74, 6) is -2.56. The average Bonchev–Trinajstić information content (AvgIpc) is 3.45. The highest BCUT2D eigenvalue weighted by Crippen LogP contribution is 2.29. The van der Waals surface area contributed by atoms with Gasteiger partial charge < -0.3 is 25.7 Å². The van der Waals surface area contributed by atoms with Gasteiger partial charge in [-0.05, 0) is 30.4 Å². The summed E-state index contributed by atoms with van der Waals surface area (Å²) >= 11 is 1.56. The third-order valence-corrected chi connectivity index (χ3v) is 7.60. The first-order valence-electron chi connectivity index (χ1n) is 12.6. The van der Waals surface area contributed by atoms with E-state index in [9.17, 15) is 24.3 Å². The molecule has 0 aliphatic carbocycles. The number of aliphatic hydroxyl groups is 1. The van der Waals surface area contributed by atoms with E-state index in [-0.39, 0.29) is 31.8 Å². The van der Waals surface area contributed by atoms with Crippen LogP contribution >= 0.6 is 11.3 Å². The summed E-state index contributed by atoms with van der Waals surface area (Å²) in [6, 6.07) is 5.60. The maximum absolute atomic E-state index is 13.6. The van der Waals surface area contributed by atoms with Crippen LogP contribution in [0.25, 0.3) is 10.4 Å². The van der Waals surface area contributed by atoms with Crippen LogP contribution in [0.2, 0.25) is 0 Å². The fourth-order valence-electron chi connectivity index (χ4n) is 4.47. The van der Waals surface area contributed by atoms with Gasteiger partial charge in [0.25, 0.3) is 0 Å². The second-order valence-electron chi connectivity index (χ2n) is 10.8. The fraction of sp³-hybridized carbons (Fsp3) is 0.519. The van der Waals surface area contributed by atoms with Crippen molar-refractivity contribution >= 4 is 35.0 Å². The molecule has 4 N–H and O–H groups in total. The molecule has 1 unspecified atom stereocenters. The minimum Gasteiger partial charge on any atom is -0.481 e. The van der Waals surface area contributed by atoms with Gasteiger partial charge in [0.2, 0.25) is 17.7 Å². The SMILES string of the molecule is Cc1ncsc1-c1ccc([C@H](C)NC(=O)C2C[C@@H](O)CN2C(=O)[C@@H](NC(=O)CCC(=O)O)C(C)(C)C)cc1. The number of aliphatic carboxylic acids is 1. The Morgan fingerprint density at radius 3 is 2.34 bits per heavy atom. The smallest absolute Gasteiger partial charge is 0.303 e. The summed E-state index contributed by atoms with van der Waals surface area (Å²) in [6.45, 7) is 9.09. The molecule has 11 heteroatoms. The maximum Gasteiger partial charge on any atom is 0.303 e. The number of hydrogen-bond acceptors (Lipinski definition) is 7. The molecule has 1 aliphatic rings. The van der Waals surface area contributed by atoms with Gasteiger partial charge in [-0.15, -0.1) is 11.3 Å². The minimum absolute atomic E-state index is 0.0359. The van der Waals surface area contributed by atoms with Crippen LogP contribution in [0.15, 0.2) is 29.8 Å².